The van der Waals surface area contributed by atoms with Crippen LogP contribution >= 0.6 is 0 Å². The topological polar surface area (TPSA) is 101 Å². The average Bonchev–Trinajstić information content (AvgIpc) is 2.70. The molecule has 30 heavy (non-hydrogen) atoms. The maximum Gasteiger partial charge on any atom is 0.416 e. The fourth-order valence-electron chi connectivity index (χ4n) is 2.95. The third-order valence-electron chi connectivity index (χ3n) is 4.47. The lowest BCUT2D eigenvalue weighted by atomic mass is 10.1. The van der Waals surface area contributed by atoms with Crippen LogP contribution in [0.15, 0.2) is 64.2 Å². The van der Waals surface area contributed by atoms with Gasteiger partial charge in [-0.15, -0.1) is 0 Å². The largest absolute Gasteiger partial charge is 0.416 e. The van der Waals surface area contributed by atoms with Crippen LogP contribution in [0.3, 0.4) is 0 Å². The van der Waals surface area contributed by atoms with E-state index < -0.39 is 28.9 Å². The zero-order valence-electron chi connectivity index (χ0n) is 15.7. The van der Waals surface area contributed by atoms with Crippen LogP contribution < -0.4 is 21.9 Å². The number of benzene rings is 2. The van der Waals surface area contributed by atoms with Gasteiger partial charge in [0.05, 0.1) is 12.1 Å². The molecular weight excluding hydrogens is 401 g/mol. The number of nitrogen functional groups attached to an aromatic ring is 1. The van der Waals surface area contributed by atoms with E-state index in [1.807, 2.05) is 0 Å². The van der Waals surface area contributed by atoms with Crippen molar-refractivity contribution in [3.63, 3.8) is 0 Å². The second kappa shape index (κ2) is 7.90. The molecule has 7 nitrogen and oxygen atoms in total. The van der Waals surface area contributed by atoms with Crippen molar-refractivity contribution in [2.24, 2.45) is 0 Å². The van der Waals surface area contributed by atoms with Crippen molar-refractivity contribution in [3.8, 4) is 0 Å². The maximum absolute atomic E-state index is 12.9. The first-order chi connectivity index (χ1) is 14.1. The number of halogens is 3. The number of hydrogen-bond acceptors (Lipinski definition) is 4. The molecule has 0 bridgehead atoms. The normalized spacial score (nSPS) is 11.3. The predicted molar refractivity (Wildman–Crippen MR) is 105 cm³/mol. The Balaban J connectivity index is 2.03. The molecule has 0 saturated carbocycles. The molecule has 0 saturated heterocycles. The molecule has 0 atom stereocenters. The summed E-state index contributed by atoms with van der Waals surface area (Å²) in [7, 11) is 1.20. The number of nitrogens with zero attached hydrogens (tertiary/aromatic N) is 2. The molecule has 0 aliphatic rings. The van der Waals surface area contributed by atoms with Crippen molar-refractivity contribution >= 4 is 17.4 Å². The molecule has 1 aromatic heterocycles. The minimum Gasteiger partial charge on any atom is -0.383 e. The Morgan fingerprint density at radius 1 is 1.10 bits per heavy atom. The van der Waals surface area contributed by atoms with Crippen molar-refractivity contribution in [2.75, 3.05) is 17.7 Å². The molecule has 3 rings (SSSR count). The van der Waals surface area contributed by atoms with E-state index in [0.717, 1.165) is 27.2 Å². The van der Waals surface area contributed by atoms with E-state index in [1.54, 1.807) is 30.3 Å². The number of alkyl halides is 3. The highest BCUT2D eigenvalue weighted by molar-refractivity contribution is 6.06. The summed E-state index contributed by atoms with van der Waals surface area (Å²) in [6.07, 6.45) is -4.63. The Morgan fingerprint density at radius 2 is 1.77 bits per heavy atom. The van der Waals surface area contributed by atoms with Crippen LogP contribution in [0.5, 0.6) is 0 Å². The molecule has 0 unspecified atom stereocenters. The van der Waals surface area contributed by atoms with Gasteiger partial charge in [-0.1, -0.05) is 36.4 Å². The quantitative estimate of drug-likeness (QED) is 0.680. The SMILES string of the molecule is CN(C(=O)c1cccc(C(F)(F)F)c1)c1c(N)n(Cc2ccccc2)c(=O)[nH]c1=O. The number of nitrogens with one attached hydrogen (secondary N) is 1. The lowest BCUT2D eigenvalue weighted by Gasteiger charge is -2.21. The summed E-state index contributed by atoms with van der Waals surface area (Å²) in [5.41, 5.74) is 3.41. The molecule has 0 radical (unpaired) electrons. The highest BCUT2D eigenvalue weighted by Crippen LogP contribution is 2.30. The number of aromatic amines is 1. The minimum absolute atomic E-state index is 0.0286. The first-order valence-electron chi connectivity index (χ1n) is 8.71. The number of carbonyl (C=O) groups excluding carboxylic acids is 1. The van der Waals surface area contributed by atoms with Crippen molar-refractivity contribution in [2.45, 2.75) is 12.7 Å². The molecule has 10 heteroatoms. The molecule has 0 aliphatic heterocycles. The predicted octanol–water partition coefficient (Wildman–Crippen LogP) is 2.46. The van der Waals surface area contributed by atoms with Gasteiger partial charge in [0.2, 0.25) is 0 Å². The van der Waals surface area contributed by atoms with Gasteiger partial charge in [0, 0.05) is 12.6 Å². The fraction of sp³-hybridized carbons (Fsp3) is 0.150. The number of nitrogens with two attached hydrogens (primary N) is 1. The highest BCUT2D eigenvalue weighted by atomic mass is 19.4. The summed E-state index contributed by atoms with van der Waals surface area (Å²) in [6, 6.07) is 12.6. The van der Waals surface area contributed by atoms with Crippen molar-refractivity contribution < 1.29 is 18.0 Å². The smallest absolute Gasteiger partial charge is 0.383 e. The summed E-state index contributed by atoms with van der Waals surface area (Å²) >= 11 is 0. The first-order valence-corrected chi connectivity index (χ1v) is 8.71. The van der Waals surface area contributed by atoms with Crippen LogP contribution in [0, 0.1) is 0 Å². The van der Waals surface area contributed by atoms with Gasteiger partial charge in [-0.2, -0.15) is 13.2 Å². The van der Waals surface area contributed by atoms with Gasteiger partial charge in [0.1, 0.15) is 5.82 Å². The minimum atomic E-state index is -4.63. The number of rotatable bonds is 4. The monoisotopic (exact) mass is 418 g/mol. The van der Waals surface area contributed by atoms with E-state index in [4.69, 9.17) is 5.73 Å². The number of amides is 1. The highest BCUT2D eigenvalue weighted by Gasteiger charge is 2.31. The van der Waals surface area contributed by atoms with Crippen LogP contribution in [0.2, 0.25) is 0 Å². The van der Waals surface area contributed by atoms with Gasteiger partial charge in [-0.25, -0.2) is 4.79 Å². The molecule has 2 aromatic carbocycles. The lowest BCUT2D eigenvalue weighted by molar-refractivity contribution is -0.137. The summed E-state index contributed by atoms with van der Waals surface area (Å²) in [5, 5.41) is 0. The molecule has 0 aliphatic carbocycles. The number of anilines is 2. The Hall–Kier alpha value is -3.82. The van der Waals surface area contributed by atoms with E-state index in [1.165, 1.54) is 13.1 Å². The van der Waals surface area contributed by atoms with Crippen LogP contribution in [0.1, 0.15) is 21.5 Å². The maximum atomic E-state index is 12.9. The molecule has 0 spiro atoms. The van der Waals surface area contributed by atoms with Gasteiger partial charge >= 0.3 is 11.9 Å². The molecular formula is C20H17F3N4O3. The van der Waals surface area contributed by atoms with E-state index >= 15 is 0 Å². The average molecular weight is 418 g/mol. The summed E-state index contributed by atoms with van der Waals surface area (Å²) in [4.78, 5) is 40.2. The molecule has 0 fully saturated rings. The van der Waals surface area contributed by atoms with Crippen LogP contribution in [0.25, 0.3) is 0 Å². The van der Waals surface area contributed by atoms with E-state index in [-0.39, 0.29) is 23.6 Å². The number of hydrogen-bond donors (Lipinski definition) is 2. The first kappa shape index (κ1) is 20.9. The number of carbonyl (C=O) groups is 1. The fourth-order valence-corrected chi connectivity index (χ4v) is 2.95. The second-order valence-electron chi connectivity index (χ2n) is 6.51. The Bertz CT molecular complexity index is 1200. The molecule has 3 aromatic rings. The van der Waals surface area contributed by atoms with Gasteiger partial charge in [0.15, 0.2) is 5.69 Å². The molecule has 1 heterocycles. The third-order valence-corrected chi connectivity index (χ3v) is 4.47. The standard InChI is InChI=1S/C20H17F3N4O3/c1-26(18(29)13-8-5-9-14(10-13)20(21,22)23)15-16(24)27(19(30)25-17(15)28)11-12-6-3-2-4-7-12/h2-10H,11,24H2,1H3,(H,25,28,30). The van der Waals surface area contributed by atoms with Crippen LogP contribution in [0.4, 0.5) is 24.7 Å². The van der Waals surface area contributed by atoms with Crippen molar-refractivity contribution in [3.05, 3.63) is 92.1 Å². The number of aromatic nitrogens is 2. The van der Waals surface area contributed by atoms with E-state index in [2.05, 4.69) is 4.98 Å². The van der Waals surface area contributed by atoms with Crippen molar-refractivity contribution in [1.29, 1.82) is 0 Å². The number of H-pyrrole nitrogens is 1. The summed E-state index contributed by atoms with van der Waals surface area (Å²) < 4.78 is 39.9. The molecule has 156 valence electrons. The van der Waals surface area contributed by atoms with Crippen LogP contribution in [-0.2, 0) is 12.7 Å². The van der Waals surface area contributed by atoms with Crippen LogP contribution in [-0.4, -0.2) is 22.5 Å². The van der Waals surface area contributed by atoms with Gasteiger partial charge < -0.3 is 10.6 Å². The Labute approximate surface area is 168 Å². The van der Waals surface area contributed by atoms with Gasteiger partial charge in [0.25, 0.3) is 11.5 Å². The van der Waals surface area contributed by atoms with Gasteiger partial charge in [-0.3, -0.25) is 19.1 Å². The summed E-state index contributed by atoms with van der Waals surface area (Å²) in [5.74, 6) is -1.17. The summed E-state index contributed by atoms with van der Waals surface area (Å²) in [6.45, 7) is 0.0286. The lowest BCUT2D eigenvalue weighted by Crippen LogP contribution is -2.39. The van der Waals surface area contributed by atoms with E-state index in [9.17, 15) is 27.6 Å². The zero-order chi connectivity index (χ0) is 22.1. The second-order valence-corrected chi connectivity index (χ2v) is 6.51. The Morgan fingerprint density at radius 3 is 2.40 bits per heavy atom. The van der Waals surface area contributed by atoms with E-state index in [0.29, 0.717) is 6.07 Å². The molecule has 3 N–H and O–H groups in total. The third kappa shape index (κ3) is 4.12. The van der Waals surface area contributed by atoms with Gasteiger partial charge in [-0.05, 0) is 23.8 Å². The Kier molecular flexibility index (Phi) is 5.50. The van der Waals surface area contributed by atoms with Crippen molar-refractivity contribution in [1.82, 2.24) is 9.55 Å². The molecule has 1 amide bonds. The zero-order valence-corrected chi connectivity index (χ0v) is 15.7.